The second kappa shape index (κ2) is 11.5. The molecular weight excluding hydrogens is 538 g/mol. The van der Waals surface area contributed by atoms with Gasteiger partial charge >= 0.3 is 5.97 Å². The molecule has 0 unspecified atom stereocenters. The summed E-state index contributed by atoms with van der Waals surface area (Å²) in [5, 5.41) is 21.4. The Hall–Kier alpha value is -2.87. The SMILES string of the molecule is COC(=O)CCCCN1C(=O)[C@@]2(O[C@@H](CC(=O)N3CCC[C@H]3CO)[C@H]([Si](C)(C)O)[C@H]2C)c2cc([N+](=O)[O-])ccc21. The number of likely N-dealkylation sites (tertiary alicyclic amines) is 1. The molecule has 3 aliphatic rings. The number of rotatable bonds is 10. The van der Waals surface area contributed by atoms with Crippen LogP contribution in [0.15, 0.2) is 18.2 Å². The maximum Gasteiger partial charge on any atom is 0.305 e. The van der Waals surface area contributed by atoms with Crippen molar-refractivity contribution < 1.29 is 38.7 Å². The van der Waals surface area contributed by atoms with E-state index in [9.17, 15) is 34.4 Å². The Balaban J connectivity index is 1.70. The number of unbranched alkanes of at least 4 members (excludes halogenated alkanes) is 1. The maximum absolute atomic E-state index is 14.3. The van der Waals surface area contributed by atoms with Crippen molar-refractivity contribution >= 4 is 37.5 Å². The largest absolute Gasteiger partial charge is 0.469 e. The third kappa shape index (κ3) is 5.27. The summed E-state index contributed by atoms with van der Waals surface area (Å²) in [6.45, 7) is 5.96. The Bertz CT molecular complexity index is 1170. The predicted molar refractivity (Wildman–Crippen MR) is 147 cm³/mol. The Kier molecular flexibility index (Phi) is 8.69. The molecule has 3 aliphatic heterocycles. The summed E-state index contributed by atoms with van der Waals surface area (Å²) in [7, 11) is -1.72. The highest BCUT2D eigenvalue weighted by Crippen LogP contribution is 2.60. The Morgan fingerprint density at radius 1 is 1.30 bits per heavy atom. The molecule has 220 valence electrons. The lowest BCUT2D eigenvalue weighted by Gasteiger charge is -2.32. The van der Waals surface area contributed by atoms with E-state index in [-0.39, 0.29) is 55.5 Å². The van der Waals surface area contributed by atoms with Gasteiger partial charge < -0.3 is 29.2 Å². The van der Waals surface area contributed by atoms with Crippen molar-refractivity contribution in [3.8, 4) is 0 Å². The average Bonchev–Trinajstić information content (AvgIpc) is 3.56. The molecule has 0 bridgehead atoms. The van der Waals surface area contributed by atoms with E-state index in [0.717, 1.165) is 6.42 Å². The number of anilines is 1. The molecule has 13 heteroatoms. The van der Waals surface area contributed by atoms with Gasteiger partial charge in [-0.05, 0) is 44.8 Å². The smallest absolute Gasteiger partial charge is 0.305 e. The molecule has 0 aliphatic carbocycles. The number of amides is 2. The Morgan fingerprint density at radius 3 is 2.65 bits per heavy atom. The lowest BCUT2D eigenvalue weighted by Crippen LogP contribution is -2.46. The fraction of sp³-hybridized carbons (Fsp3) is 0.667. The van der Waals surface area contributed by atoms with E-state index in [1.165, 1.54) is 19.2 Å². The van der Waals surface area contributed by atoms with Crippen LogP contribution in [0, 0.1) is 16.0 Å². The first-order valence-corrected chi connectivity index (χ1v) is 16.9. The van der Waals surface area contributed by atoms with Crippen molar-refractivity contribution in [3.63, 3.8) is 0 Å². The molecule has 2 saturated heterocycles. The van der Waals surface area contributed by atoms with Crippen LogP contribution in [-0.4, -0.2) is 84.8 Å². The van der Waals surface area contributed by atoms with Crippen molar-refractivity contribution in [3.05, 3.63) is 33.9 Å². The summed E-state index contributed by atoms with van der Waals surface area (Å²) in [6.07, 6.45) is 1.81. The molecule has 0 aromatic heterocycles. The molecule has 2 N–H and O–H groups in total. The molecule has 3 heterocycles. The number of nitro benzene ring substituents is 1. The fourth-order valence-corrected chi connectivity index (χ4v) is 9.44. The number of fused-ring (bicyclic) bond motifs is 2. The predicted octanol–water partition coefficient (Wildman–Crippen LogP) is 2.46. The third-order valence-electron chi connectivity index (χ3n) is 8.70. The van der Waals surface area contributed by atoms with Gasteiger partial charge in [0.2, 0.25) is 5.91 Å². The van der Waals surface area contributed by atoms with E-state index in [1.54, 1.807) is 29.0 Å². The number of non-ortho nitro benzene ring substituents is 1. The van der Waals surface area contributed by atoms with Gasteiger partial charge in [-0.25, -0.2) is 0 Å². The normalized spacial score (nSPS) is 27.9. The first-order valence-electron chi connectivity index (χ1n) is 13.8. The quantitative estimate of drug-likeness (QED) is 0.140. The van der Waals surface area contributed by atoms with Gasteiger partial charge in [0.25, 0.3) is 11.6 Å². The number of nitro groups is 1. The van der Waals surface area contributed by atoms with Gasteiger partial charge in [0.05, 0.1) is 42.9 Å². The molecule has 1 aromatic rings. The first kappa shape index (κ1) is 30.1. The van der Waals surface area contributed by atoms with E-state index < -0.39 is 36.4 Å². The van der Waals surface area contributed by atoms with Crippen molar-refractivity contribution in [2.45, 2.75) is 81.8 Å². The van der Waals surface area contributed by atoms with E-state index >= 15 is 0 Å². The minimum atomic E-state index is -3.03. The van der Waals surface area contributed by atoms with Crippen LogP contribution < -0.4 is 4.90 Å². The number of hydrogen-bond donors (Lipinski definition) is 2. The van der Waals surface area contributed by atoms with Gasteiger partial charge in [0, 0.05) is 48.7 Å². The zero-order chi connectivity index (χ0) is 29.4. The molecule has 0 radical (unpaired) electrons. The average molecular weight is 578 g/mol. The minimum Gasteiger partial charge on any atom is -0.469 e. The number of aliphatic hydroxyl groups excluding tert-OH is 1. The van der Waals surface area contributed by atoms with Gasteiger partial charge in [-0.1, -0.05) is 6.92 Å². The highest BCUT2D eigenvalue weighted by Gasteiger charge is 2.66. The standard InChI is InChI=1S/C27H39N3O9Si/c1-17-25(40(3,4)37)22(15-23(32)28-13-7-8-19(28)16-31)39-27(17)20-14-18(30(35)36)10-11-21(20)29(26(27)34)12-6-5-9-24(33)38-2/h10-11,14,17,19,22,25,31,37H,5-9,12-13,15-16H2,1-4H3/t17-,19+,22+,25-,27+/m1/s1. The van der Waals surface area contributed by atoms with E-state index in [1.807, 2.05) is 6.92 Å². The first-order chi connectivity index (χ1) is 18.9. The number of nitrogens with zero attached hydrogens (tertiary/aromatic N) is 3. The van der Waals surface area contributed by atoms with Crippen molar-refractivity contribution in [1.82, 2.24) is 4.90 Å². The molecule has 4 rings (SSSR count). The van der Waals surface area contributed by atoms with Crippen LogP contribution in [0.4, 0.5) is 11.4 Å². The van der Waals surface area contributed by atoms with Crippen LogP contribution >= 0.6 is 0 Å². The summed E-state index contributed by atoms with van der Waals surface area (Å²) in [5.41, 5.74) is -1.45. The lowest BCUT2D eigenvalue weighted by atomic mass is 9.82. The van der Waals surface area contributed by atoms with Crippen LogP contribution in [-0.2, 0) is 29.5 Å². The molecule has 2 fully saturated rings. The van der Waals surface area contributed by atoms with Gasteiger partial charge in [-0.15, -0.1) is 0 Å². The number of benzene rings is 1. The van der Waals surface area contributed by atoms with Gasteiger partial charge in [0.1, 0.15) is 0 Å². The summed E-state index contributed by atoms with van der Waals surface area (Å²) < 4.78 is 11.3. The number of ether oxygens (including phenoxy) is 2. The summed E-state index contributed by atoms with van der Waals surface area (Å²) in [4.78, 5) is 65.0. The fourth-order valence-electron chi connectivity index (χ4n) is 6.89. The van der Waals surface area contributed by atoms with Gasteiger partial charge in [-0.3, -0.25) is 24.5 Å². The van der Waals surface area contributed by atoms with E-state index in [2.05, 4.69) is 0 Å². The second-order valence-corrected chi connectivity index (χ2v) is 15.6. The molecule has 12 nitrogen and oxygen atoms in total. The maximum atomic E-state index is 14.3. The Morgan fingerprint density at radius 2 is 2.02 bits per heavy atom. The zero-order valence-electron chi connectivity index (χ0n) is 23.5. The summed E-state index contributed by atoms with van der Waals surface area (Å²) in [5.74, 6) is -1.52. The second-order valence-electron chi connectivity index (χ2n) is 11.6. The number of hydrogen-bond acceptors (Lipinski definition) is 9. The highest BCUT2D eigenvalue weighted by molar-refractivity contribution is 6.71. The number of carbonyl (C=O) groups is 3. The van der Waals surface area contributed by atoms with Crippen LogP contribution in [0.3, 0.4) is 0 Å². The zero-order valence-corrected chi connectivity index (χ0v) is 24.5. The minimum absolute atomic E-state index is 0.0685. The lowest BCUT2D eigenvalue weighted by molar-refractivity contribution is -0.385. The monoisotopic (exact) mass is 577 g/mol. The van der Waals surface area contributed by atoms with Gasteiger partial charge in [0.15, 0.2) is 13.9 Å². The number of aliphatic hydroxyl groups is 1. The topological polar surface area (TPSA) is 160 Å². The van der Waals surface area contributed by atoms with Crippen molar-refractivity contribution in [1.29, 1.82) is 0 Å². The van der Waals surface area contributed by atoms with E-state index in [4.69, 9.17) is 9.47 Å². The summed E-state index contributed by atoms with van der Waals surface area (Å²) >= 11 is 0. The molecule has 40 heavy (non-hydrogen) atoms. The molecular formula is C27H39N3O9Si. The van der Waals surface area contributed by atoms with Crippen LogP contribution in [0.1, 0.15) is 51.0 Å². The summed E-state index contributed by atoms with van der Waals surface area (Å²) in [6, 6.07) is 3.99. The molecule has 5 atom stereocenters. The number of esters is 1. The van der Waals surface area contributed by atoms with Crippen LogP contribution in [0.25, 0.3) is 0 Å². The third-order valence-corrected chi connectivity index (χ3v) is 11.2. The van der Waals surface area contributed by atoms with Crippen molar-refractivity contribution in [2.24, 2.45) is 5.92 Å². The van der Waals surface area contributed by atoms with Gasteiger partial charge in [-0.2, -0.15) is 0 Å². The van der Waals surface area contributed by atoms with Crippen LogP contribution in [0.2, 0.25) is 18.6 Å². The number of carbonyl (C=O) groups excluding carboxylic acids is 3. The van der Waals surface area contributed by atoms with Crippen molar-refractivity contribution in [2.75, 3.05) is 31.7 Å². The molecule has 0 saturated carbocycles. The number of methoxy groups -OCH3 is 1. The molecule has 1 aromatic carbocycles. The van der Waals surface area contributed by atoms with Crippen LogP contribution in [0.5, 0.6) is 0 Å². The highest BCUT2D eigenvalue weighted by atomic mass is 28.4. The Labute approximate surface area is 234 Å². The molecule has 1 spiro atoms. The molecule has 2 amide bonds. The van der Waals surface area contributed by atoms with E-state index in [0.29, 0.717) is 37.1 Å².